The van der Waals surface area contributed by atoms with Crippen LogP contribution in [0.2, 0.25) is 0 Å². The fourth-order valence-corrected chi connectivity index (χ4v) is 4.43. The zero-order valence-electron chi connectivity index (χ0n) is 17.2. The molecule has 0 aliphatic carbocycles. The van der Waals surface area contributed by atoms with E-state index in [0.717, 1.165) is 19.3 Å². The highest BCUT2D eigenvalue weighted by Gasteiger charge is 2.41. The molecule has 0 spiro atoms. The summed E-state index contributed by atoms with van der Waals surface area (Å²) in [5, 5.41) is 6.49. The van der Waals surface area contributed by atoms with Gasteiger partial charge < -0.3 is 25.0 Å². The first kappa shape index (κ1) is 21.2. The normalized spacial score (nSPS) is 26.9. The molecule has 2 N–H and O–H groups in total. The van der Waals surface area contributed by atoms with Crippen LogP contribution >= 0.6 is 0 Å². The lowest BCUT2D eigenvalue weighted by Crippen LogP contribution is -2.47. The summed E-state index contributed by atoms with van der Waals surface area (Å²) in [5.74, 6) is 0.532. The van der Waals surface area contributed by atoms with Crippen molar-refractivity contribution in [2.24, 2.45) is 4.99 Å². The van der Waals surface area contributed by atoms with E-state index in [4.69, 9.17) is 9.47 Å². The number of alkyl halides is 3. The predicted molar refractivity (Wildman–Crippen MR) is 109 cm³/mol. The van der Waals surface area contributed by atoms with Crippen LogP contribution in [-0.4, -0.2) is 57.1 Å². The van der Waals surface area contributed by atoms with Crippen LogP contribution in [0.15, 0.2) is 23.2 Å². The summed E-state index contributed by atoms with van der Waals surface area (Å²) >= 11 is 0. The van der Waals surface area contributed by atoms with Crippen molar-refractivity contribution >= 4 is 11.6 Å². The maximum atomic E-state index is 13.8. The van der Waals surface area contributed by atoms with E-state index in [2.05, 4.69) is 15.6 Å². The van der Waals surface area contributed by atoms with Crippen molar-refractivity contribution in [3.8, 4) is 0 Å². The van der Waals surface area contributed by atoms with Crippen LogP contribution < -0.4 is 15.5 Å². The van der Waals surface area contributed by atoms with Gasteiger partial charge in [-0.15, -0.1) is 0 Å². The molecule has 9 heteroatoms. The van der Waals surface area contributed by atoms with E-state index in [0.29, 0.717) is 50.6 Å². The van der Waals surface area contributed by atoms with Crippen LogP contribution in [0.4, 0.5) is 18.9 Å². The van der Waals surface area contributed by atoms with E-state index in [9.17, 15) is 13.2 Å². The lowest BCUT2D eigenvalue weighted by molar-refractivity contribution is -0.138. The first-order valence-corrected chi connectivity index (χ1v) is 10.7. The molecule has 3 aliphatic heterocycles. The van der Waals surface area contributed by atoms with E-state index >= 15 is 0 Å². The molecular formula is C21H29F3N4O2. The van der Waals surface area contributed by atoms with Crippen LogP contribution in [0.5, 0.6) is 0 Å². The van der Waals surface area contributed by atoms with Crippen molar-refractivity contribution in [1.82, 2.24) is 10.6 Å². The molecule has 3 atom stereocenters. The van der Waals surface area contributed by atoms with Gasteiger partial charge in [0.2, 0.25) is 0 Å². The molecule has 3 saturated heterocycles. The number of morpholine rings is 1. The Balaban J connectivity index is 1.50. The minimum Gasteiger partial charge on any atom is -0.378 e. The molecule has 1 aromatic carbocycles. The van der Waals surface area contributed by atoms with E-state index in [1.807, 2.05) is 11.8 Å². The number of halogens is 3. The number of hydrogen-bond acceptors (Lipinski definition) is 4. The van der Waals surface area contributed by atoms with Gasteiger partial charge in [-0.2, -0.15) is 13.2 Å². The Bertz CT molecular complexity index is 765. The number of hydrogen-bond donors (Lipinski definition) is 2. The topological polar surface area (TPSA) is 58.1 Å². The van der Waals surface area contributed by atoms with E-state index in [-0.39, 0.29) is 24.3 Å². The molecule has 0 aromatic heterocycles. The Morgan fingerprint density at radius 1 is 1.23 bits per heavy atom. The van der Waals surface area contributed by atoms with Crippen LogP contribution in [0.25, 0.3) is 0 Å². The Kier molecular flexibility index (Phi) is 6.38. The van der Waals surface area contributed by atoms with Crippen LogP contribution in [0, 0.1) is 0 Å². The van der Waals surface area contributed by atoms with Gasteiger partial charge in [-0.1, -0.05) is 6.07 Å². The van der Waals surface area contributed by atoms with Gasteiger partial charge in [-0.3, -0.25) is 0 Å². The molecule has 3 heterocycles. The average Bonchev–Trinajstić information content (AvgIpc) is 3.35. The summed E-state index contributed by atoms with van der Waals surface area (Å²) in [6.45, 7) is 4.76. The van der Waals surface area contributed by atoms with Gasteiger partial charge in [-0.05, 0) is 43.9 Å². The zero-order valence-corrected chi connectivity index (χ0v) is 17.2. The molecule has 3 aliphatic rings. The largest absolute Gasteiger partial charge is 0.416 e. The summed E-state index contributed by atoms with van der Waals surface area (Å²) in [6.07, 6.45) is -0.962. The third kappa shape index (κ3) is 4.83. The van der Waals surface area contributed by atoms with Crippen LogP contribution in [0.3, 0.4) is 0 Å². The highest BCUT2D eigenvalue weighted by molar-refractivity contribution is 5.80. The second kappa shape index (κ2) is 9.01. The second-order valence-corrected chi connectivity index (χ2v) is 7.99. The maximum Gasteiger partial charge on any atom is 0.416 e. The summed E-state index contributed by atoms with van der Waals surface area (Å²) < 4.78 is 52.4. The van der Waals surface area contributed by atoms with Gasteiger partial charge in [-0.25, -0.2) is 4.99 Å². The van der Waals surface area contributed by atoms with Crippen molar-refractivity contribution < 1.29 is 22.6 Å². The Labute approximate surface area is 174 Å². The number of ether oxygens (including phenoxy) is 2. The van der Waals surface area contributed by atoms with Gasteiger partial charge in [0, 0.05) is 25.3 Å². The molecule has 30 heavy (non-hydrogen) atoms. The van der Waals surface area contributed by atoms with E-state index in [1.54, 1.807) is 12.1 Å². The number of nitrogens with one attached hydrogen (secondary N) is 2. The van der Waals surface area contributed by atoms with E-state index in [1.165, 1.54) is 6.07 Å². The molecular weight excluding hydrogens is 397 g/mol. The van der Waals surface area contributed by atoms with Crippen molar-refractivity contribution in [3.05, 3.63) is 29.3 Å². The zero-order chi connectivity index (χ0) is 21.1. The SMILES string of the molecule is CCNC(=NCc1ccc(N2CCOCC2)cc1C(F)(F)F)NC1CC2CCC1O2. The van der Waals surface area contributed by atoms with Crippen LogP contribution in [0.1, 0.15) is 37.3 Å². The summed E-state index contributed by atoms with van der Waals surface area (Å²) in [5.41, 5.74) is 0.109. The lowest BCUT2D eigenvalue weighted by atomic mass is 9.96. The smallest absolute Gasteiger partial charge is 0.378 e. The van der Waals surface area contributed by atoms with Crippen molar-refractivity contribution in [2.45, 2.75) is 57.2 Å². The molecule has 0 radical (unpaired) electrons. The second-order valence-electron chi connectivity index (χ2n) is 7.99. The fraction of sp³-hybridized carbons (Fsp3) is 0.667. The number of anilines is 1. The van der Waals surface area contributed by atoms with Gasteiger partial charge in [0.1, 0.15) is 0 Å². The lowest BCUT2D eigenvalue weighted by Gasteiger charge is -2.29. The van der Waals surface area contributed by atoms with Gasteiger partial charge in [0.15, 0.2) is 5.96 Å². The Morgan fingerprint density at radius 3 is 2.67 bits per heavy atom. The number of aliphatic imine (C=N–C) groups is 1. The monoisotopic (exact) mass is 426 g/mol. The highest BCUT2D eigenvalue weighted by atomic mass is 19.4. The third-order valence-electron chi connectivity index (χ3n) is 5.95. The number of guanidine groups is 1. The van der Waals surface area contributed by atoms with E-state index < -0.39 is 11.7 Å². The quantitative estimate of drug-likeness (QED) is 0.560. The molecule has 0 saturated carbocycles. The van der Waals surface area contributed by atoms with Gasteiger partial charge in [0.25, 0.3) is 0 Å². The Morgan fingerprint density at radius 2 is 2.03 bits per heavy atom. The van der Waals surface area contributed by atoms with Crippen molar-refractivity contribution in [3.63, 3.8) is 0 Å². The van der Waals surface area contributed by atoms with Gasteiger partial charge in [0.05, 0.1) is 43.6 Å². The fourth-order valence-electron chi connectivity index (χ4n) is 4.43. The molecule has 3 unspecified atom stereocenters. The minimum atomic E-state index is -4.43. The molecule has 0 amide bonds. The predicted octanol–water partition coefficient (Wildman–Crippen LogP) is 2.92. The summed E-state index contributed by atoms with van der Waals surface area (Å²) in [7, 11) is 0. The first-order valence-electron chi connectivity index (χ1n) is 10.7. The summed E-state index contributed by atoms with van der Waals surface area (Å²) in [6, 6.07) is 4.68. The average molecular weight is 426 g/mol. The number of rotatable bonds is 5. The van der Waals surface area contributed by atoms with Gasteiger partial charge >= 0.3 is 6.18 Å². The van der Waals surface area contributed by atoms with Crippen molar-refractivity contribution in [2.75, 3.05) is 37.7 Å². The minimum absolute atomic E-state index is 0.0464. The molecule has 4 rings (SSSR count). The highest BCUT2D eigenvalue weighted by Crippen LogP contribution is 2.36. The molecule has 6 nitrogen and oxygen atoms in total. The summed E-state index contributed by atoms with van der Waals surface area (Å²) in [4.78, 5) is 6.38. The van der Waals surface area contributed by atoms with Crippen molar-refractivity contribution in [1.29, 1.82) is 0 Å². The third-order valence-corrected chi connectivity index (χ3v) is 5.95. The number of fused-ring (bicyclic) bond motifs is 2. The first-order chi connectivity index (χ1) is 14.4. The molecule has 166 valence electrons. The maximum absolute atomic E-state index is 13.8. The molecule has 1 aromatic rings. The molecule has 2 bridgehead atoms. The number of benzene rings is 1. The van der Waals surface area contributed by atoms with Crippen LogP contribution in [-0.2, 0) is 22.2 Å². The number of nitrogens with zero attached hydrogens (tertiary/aromatic N) is 2. The Hall–Kier alpha value is -2.00. The standard InChI is InChI=1S/C21H29F3N4O2/c1-2-25-20(27-18-12-16-5-6-19(18)30-16)26-13-14-3-4-15(11-17(14)21(22,23)24)28-7-9-29-10-8-28/h3-4,11,16,18-19H,2,5-10,12-13H2,1H3,(H2,25,26,27). The molecule has 3 fully saturated rings.